The zero-order valence-electron chi connectivity index (χ0n) is 13.5. The first-order chi connectivity index (χ1) is 9.55. The fraction of sp³-hybridized carbons (Fsp3) is 0.714. The third-order valence-corrected chi connectivity index (χ3v) is 3.99. The van der Waals surface area contributed by atoms with Crippen molar-refractivity contribution in [2.45, 2.75) is 52.7 Å². The van der Waals surface area contributed by atoms with E-state index in [0.717, 1.165) is 0 Å². The molecule has 1 aromatic rings. The number of amides is 2. The van der Waals surface area contributed by atoms with Crippen LogP contribution in [0, 0.1) is 5.41 Å². The molecule has 1 aliphatic rings. The lowest BCUT2D eigenvalue weighted by atomic mass is 9.82. The molecule has 1 N–H and O–H groups in total. The number of piperazine rings is 1. The van der Waals surface area contributed by atoms with E-state index < -0.39 is 11.6 Å². The van der Waals surface area contributed by atoms with Crippen LogP contribution in [0.5, 0.6) is 0 Å². The van der Waals surface area contributed by atoms with Gasteiger partial charge in [-0.15, -0.1) is 0 Å². The molecule has 2 heterocycles. The first-order valence-corrected chi connectivity index (χ1v) is 7.00. The zero-order valence-corrected chi connectivity index (χ0v) is 13.5. The summed E-state index contributed by atoms with van der Waals surface area (Å²) in [6.45, 7) is 9.57. The lowest BCUT2D eigenvalue weighted by Crippen LogP contribution is -2.70. The van der Waals surface area contributed by atoms with Crippen molar-refractivity contribution in [1.29, 1.82) is 0 Å². The molecule has 1 aliphatic heterocycles. The van der Waals surface area contributed by atoms with Crippen molar-refractivity contribution in [2.24, 2.45) is 12.5 Å². The highest BCUT2D eigenvalue weighted by molar-refractivity contribution is 5.99. The van der Waals surface area contributed by atoms with Crippen LogP contribution in [0.15, 0.2) is 6.33 Å². The molecular formula is C14H23N5O2. The van der Waals surface area contributed by atoms with Crippen molar-refractivity contribution in [2.75, 3.05) is 0 Å². The molecule has 2 amide bonds. The van der Waals surface area contributed by atoms with Gasteiger partial charge in [0.25, 0.3) is 0 Å². The summed E-state index contributed by atoms with van der Waals surface area (Å²) >= 11 is 0. The molecule has 2 rings (SSSR count). The summed E-state index contributed by atoms with van der Waals surface area (Å²) in [5.74, 6) is 0.415. The van der Waals surface area contributed by atoms with Gasteiger partial charge in [0.1, 0.15) is 23.7 Å². The number of aryl methyl sites for hydroxylation is 1. The molecule has 0 bridgehead atoms. The molecule has 0 aliphatic carbocycles. The van der Waals surface area contributed by atoms with Gasteiger partial charge in [0, 0.05) is 7.05 Å². The predicted octanol–water partition coefficient (Wildman–Crippen LogP) is 0.467. The van der Waals surface area contributed by atoms with Crippen molar-refractivity contribution in [3.63, 3.8) is 0 Å². The molecule has 1 fully saturated rings. The van der Waals surface area contributed by atoms with Gasteiger partial charge < -0.3 is 10.2 Å². The first kappa shape index (κ1) is 15.5. The van der Waals surface area contributed by atoms with E-state index in [1.807, 2.05) is 20.8 Å². The van der Waals surface area contributed by atoms with Gasteiger partial charge in [-0.2, -0.15) is 5.10 Å². The van der Waals surface area contributed by atoms with Crippen LogP contribution in [-0.4, -0.2) is 43.1 Å². The summed E-state index contributed by atoms with van der Waals surface area (Å²) in [5, 5.41) is 6.86. The maximum Gasteiger partial charge on any atom is 0.246 e. The molecule has 0 spiro atoms. The Balaban J connectivity index is 2.36. The van der Waals surface area contributed by atoms with Crippen molar-refractivity contribution in [1.82, 2.24) is 25.0 Å². The Kier molecular flexibility index (Phi) is 3.55. The van der Waals surface area contributed by atoms with Gasteiger partial charge in [-0.25, -0.2) is 4.98 Å². The highest BCUT2D eigenvalue weighted by Crippen LogP contribution is 2.30. The molecule has 0 radical (unpaired) electrons. The second-order valence-electron chi connectivity index (χ2n) is 7.06. The van der Waals surface area contributed by atoms with Crippen molar-refractivity contribution in [3.05, 3.63) is 12.2 Å². The zero-order chi connectivity index (χ0) is 16.0. The minimum Gasteiger partial charge on any atom is -0.342 e. The van der Waals surface area contributed by atoms with Crippen molar-refractivity contribution < 1.29 is 9.59 Å². The van der Waals surface area contributed by atoms with E-state index in [-0.39, 0.29) is 23.8 Å². The van der Waals surface area contributed by atoms with Gasteiger partial charge in [-0.05, 0) is 19.3 Å². The van der Waals surface area contributed by atoms with E-state index in [1.54, 1.807) is 30.5 Å². The quantitative estimate of drug-likeness (QED) is 0.859. The minimum absolute atomic E-state index is 0.0879. The molecule has 21 heavy (non-hydrogen) atoms. The lowest BCUT2D eigenvalue weighted by Gasteiger charge is -2.47. The Labute approximate surface area is 124 Å². The van der Waals surface area contributed by atoms with E-state index in [4.69, 9.17) is 0 Å². The summed E-state index contributed by atoms with van der Waals surface area (Å²) in [7, 11) is 1.77. The third-order valence-electron chi connectivity index (χ3n) is 3.99. The summed E-state index contributed by atoms with van der Waals surface area (Å²) in [6, 6.07) is -0.536. The van der Waals surface area contributed by atoms with Gasteiger partial charge in [-0.3, -0.25) is 14.3 Å². The largest absolute Gasteiger partial charge is 0.342 e. The molecule has 0 saturated carbocycles. The molecule has 7 nitrogen and oxygen atoms in total. The maximum atomic E-state index is 12.8. The van der Waals surface area contributed by atoms with Crippen LogP contribution in [-0.2, 0) is 23.2 Å². The average molecular weight is 293 g/mol. The smallest absolute Gasteiger partial charge is 0.246 e. The number of aromatic nitrogens is 3. The van der Waals surface area contributed by atoms with Crippen LogP contribution >= 0.6 is 0 Å². The van der Waals surface area contributed by atoms with E-state index in [0.29, 0.717) is 5.82 Å². The number of hydrogen-bond acceptors (Lipinski definition) is 4. The second-order valence-corrected chi connectivity index (χ2v) is 7.06. The molecule has 0 aromatic carbocycles. The Morgan fingerprint density at radius 3 is 2.43 bits per heavy atom. The molecule has 1 saturated heterocycles. The Morgan fingerprint density at radius 2 is 1.95 bits per heavy atom. The molecule has 1 atom stereocenters. The second kappa shape index (κ2) is 4.82. The predicted molar refractivity (Wildman–Crippen MR) is 77.0 cm³/mol. The molecular weight excluding hydrogens is 270 g/mol. The highest BCUT2D eigenvalue weighted by Gasteiger charge is 2.49. The van der Waals surface area contributed by atoms with Gasteiger partial charge in [0.2, 0.25) is 11.8 Å². The minimum atomic E-state index is -0.912. The highest BCUT2D eigenvalue weighted by atomic mass is 16.2. The number of nitrogens with one attached hydrogen (secondary N) is 1. The van der Waals surface area contributed by atoms with Crippen molar-refractivity contribution >= 4 is 11.8 Å². The summed E-state index contributed by atoms with van der Waals surface area (Å²) in [5.41, 5.74) is -1.26. The standard InChI is InChI=1S/C14H23N5O2/c1-13(2,3)10-11(20)19(14(4,5)12(21)17-10)7-9-15-8-16-18(9)6/h8,10H,7H2,1-6H3,(H,17,21). The SMILES string of the molecule is Cn1ncnc1CN1C(=O)C(C(C)(C)C)NC(=O)C1(C)C. The summed E-state index contributed by atoms with van der Waals surface area (Å²) < 4.78 is 1.61. The van der Waals surface area contributed by atoms with E-state index >= 15 is 0 Å². The number of rotatable bonds is 2. The topological polar surface area (TPSA) is 80.1 Å². The van der Waals surface area contributed by atoms with Crippen LogP contribution in [0.2, 0.25) is 0 Å². The van der Waals surface area contributed by atoms with Gasteiger partial charge in [0.15, 0.2) is 0 Å². The number of carbonyl (C=O) groups excluding carboxylic acids is 2. The molecule has 116 valence electrons. The van der Waals surface area contributed by atoms with Crippen LogP contribution < -0.4 is 5.32 Å². The average Bonchev–Trinajstić information content (AvgIpc) is 2.74. The summed E-state index contributed by atoms with van der Waals surface area (Å²) in [4.78, 5) is 31.0. The van der Waals surface area contributed by atoms with Crippen LogP contribution in [0.4, 0.5) is 0 Å². The normalized spacial score (nSPS) is 22.4. The van der Waals surface area contributed by atoms with Crippen molar-refractivity contribution in [3.8, 4) is 0 Å². The van der Waals surface area contributed by atoms with Crippen LogP contribution in [0.25, 0.3) is 0 Å². The first-order valence-electron chi connectivity index (χ1n) is 7.00. The van der Waals surface area contributed by atoms with Crippen LogP contribution in [0.1, 0.15) is 40.4 Å². The Hall–Kier alpha value is -1.92. The summed E-state index contributed by atoms with van der Waals surface area (Å²) in [6.07, 6.45) is 1.44. The number of hydrogen-bond donors (Lipinski definition) is 1. The monoisotopic (exact) mass is 293 g/mol. The molecule has 7 heteroatoms. The van der Waals surface area contributed by atoms with Crippen LogP contribution in [0.3, 0.4) is 0 Å². The van der Waals surface area contributed by atoms with Gasteiger partial charge in [-0.1, -0.05) is 20.8 Å². The molecule has 1 unspecified atom stereocenters. The number of carbonyl (C=O) groups is 2. The molecule has 1 aromatic heterocycles. The third kappa shape index (κ3) is 2.64. The van der Waals surface area contributed by atoms with Gasteiger partial charge >= 0.3 is 0 Å². The lowest BCUT2D eigenvalue weighted by molar-refractivity contribution is -0.159. The van der Waals surface area contributed by atoms with Gasteiger partial charge in [0.05, 0.1) is 6.54 Å². The fourth-order valence-electron chi connectivity index (χ4n) is 2.39. The fourth-order valence-corrected chi connectivity index (χ4v) is 2.39. The maximum absolute atomic E-state index is 12.8. The Bertz CT molecular complexity index is 570. The van der Waals surface area contributed by atoms with E-state index in [1.165, 1.54) is 6.33 Å². The number of nitrogens with zero attached hydrogens (tertiary/aromatic N) is 4. The Morgan fingerprint density at radius 1 is 1.33 bits per heavy atom. The van der Waals surface area contributed by atoms with E-state index in [2.05, 4.69) is 15.4 Å². The van der Waals surface area contributed by atoms with E-state index in [9.17, 15) is 9.59 Å².